The Hall–Kier alpha value is -7.28. The summed E-state index contributed by atoms with van der Waals surface area (Å²) in [5.74, 6) is 0. The summed E-state index contributed by atoms with van der Waals surface area (Å²) >= 11 is 0. The van der Waals surface area contributed by atoms with Crippen LogP contribution in [0, 0.1) is 0 Å². The van der Waals surface area contributed by atoms with E-state index in [1.807, 2.05) is 0 Å². The fraction of sp³-hybridized carbons (Fsp3) is 0.152. The van der Waals surface area contributed by atoms with Crippen LogP contribution in [0.2, 0.25) is 0 Å². The van der Waals surface area contributed by atoms with Crippen LogP contribution in [0.25, 0.3) is 99.4 Å². The van der Waals surface area contributed by atoms with Gasteiger partial charge in [-0.05, 0) is 172 Å². The molecular formula is C66H54. The van der Waals surface area contributed by atoms with Crippen LogP contribution >= 0.6 is 0 Å². The Kier molecular flexibility index (Phi) is 9.58. The van der Waals surface area contributed by atoms with E-state index < -0.39 is 0 Å². The highest BCUT2D eigenvalue weighted by molar-refractivity contribution is 6.02. The highest BCUT2D eigenvalue weighted by Crippen LogP contribution is 2.57. The third-order valence-electron chi connectivity index (χ3n) is 16.1. The standard InChI is InChI=1S/C66H54/c1-5-65(6-2)61-39-45(31-35-57(61)59-37-33-47(41-63(59)65)51-25-13-15-27-53(51)55-29-17-21-43-19-9-11-23-49(43)55)46-32-36-58-60-38-34-48(42-64(60)66(7-3,8-4)62(58)40-46)52-26-14-16-28-54(52)56-30-18-22-44-20-10-12-24-50(44)56/h9-42H,5-8H2,1-4H3. The zero-order chi connectivity index (χ0) is 44.6. The van der Waals surface area contributed by atoms with Gasteiger partial charge in [0.25, 0.3) is 0 Å². The van der Waals surface area contributed by atoms with E-state index in [1.54, 1.807) is 0 Å². The van der Waals surface area contributed by atoms with E-state index in [4.69, 9.17) is 0 Å². The maximum absolute atomic E-state index is 2.55. The molecule has 318 valence electrons. The quantitative estimate of drug-likeness (QED) is 0.136. The molecule has 0 radical (unpaired) electrons. The van der Waals surface area contributed by atoms with E-state index in [0.717, 1.165) is 25.7 Å². The maximum atomic E-state index is 2.55. The molecule has 0 N–H and O–H groups in total. The van der Waals surface area contributed by atoms with E-state index in [-0.39, 0.29) is 10.8 Å². The minimum atomic E-state index is -0.0760. The Bertz CT molecular complexity index is 3290. The lowest BCUT2D eigenvalue weighted by atomic mass is 9.72. The Morgan fingerprint density at radius 2 is 0.530 bits per heavy atom. The monoisotopic (exact) mass is 846 g/mol. The second kappa shape index (κ2) is 15.7. The molecule has 0 spiro atoms. The molecule has 0 aromatic heterocycles. The van der Waals surface area contributed by atoms with Gasteiger partial charge in [-0.1, -0.05) is 210 Å². The molecule has 2 aliphatic carbocycles. The molecule has 0 saturated carbocycles. The van der Waals surface area contributed by atoms with Gasteiger partial charge in [0.15, 0.2) is 0 Å². The first-order chi connectivity index (χ1) is 32.5. The summed E-state index contributed by atoms with van der Waals surface area (Å²) < 4.78 is 0. The molecule has 0 nitrogen and oxygen atoms in total. The molecule has 2 aliphatic rings. The topological polar surface area (TPSA) is 0 Å². The highest BCUT2D eigenvalue weighted by Gasteiger charge is 2.43. The summed E-state index contributed by atoms with van der Waals surface area (Å²) in [4.78, 5) is 0. The minimum Gasteiger partial charge on any atom is -0.0642 e. The molecule has 10 aromatic carbocycles. The Labute approximate surface area is 390 Å². The Balaban J connectivity index is 0.927. The van der Waals surface area contributed by atoms with E-state index >= 15 is 0 Å². The lowest BCUT2D eigenvalue weighted by molar-refractivity contribution is 0.490. The van der Waals surface area contributed by atoms with Gasteiger partial charge in [0.1, 0.15) is 0 Å². The molecule has 0 atom stereocenters. The molecule has 10 aromatic rings. The predicted molar refractivity (Wildman–Crippen MR) is 282 cm³/mol. The summed E-state index contributed by atoms with van der Waals surface area (Å²) in [6.07, 6.45) is 4.17. The molecule has 0 amide bonds. The molecular weight excluding hydrogens is 793 g/mol. The van der Waals surface area contributed by atoms with Gasteiger partial charge in [-0.2, -0.15) is 0 Å². The first kappa shape index (κ1) is 40.2. The van der Waals surface area contributed by atoms with Crippen LogP contribution in [-0.4, -0.2) is 0 Å². The number of rotatable bonds is 9. The Morgan fingerprint density at radius 3 is 0.909 bits per heavy atom. The zero-order valence-electron chi connectivity index (χ0n) is 38.5. The average Bonchev–Trinajstić information content (AvgIpc) is 3.83. The van der Waals surface area contributed by atoms with Crippen molar-refractivity contribution in [2.45, 2.75) is 64.2 Å². The summed E-state index contributed by atoms with van der Waals surface area (Å²) in [7, 11) is 0. The Morgan fingerprint density at radius 1 is 0.242 bits per heavy atom. The summed E-state index contributed by atoms with van der Waals surface area (Å²) in [5, 5.41) is 5.12. The molecule has 66 heavy (non-hydrogen) atoms. The van der Waals surface area contributed by atoms with Crippen LogP contribution in [0.15, 0.2) is 206 Å². The summed E-state index contributed by atoms with van der Waals surface area (Å²) in [6.45, 7) is 9.57. The number of hydrogen-bond donors (Lipinski definition) is 0. The van der Waals surface area contributed by atoms with Crippen molar-refractivity contribution in [3.8, 4) is 77.9 Å². The second-order valence-electron chi connectivity index (χ2n) is 18.8. The third kappa shape index (κ3) is 5.90. The van der Waals surface area contributed by atoms with Gasteiger partial charge in [0, 0.05) is 10.8 Å². The summed E-state index contributed by atoms with van der Waals surface area (Å²) in [6, 6.07) is 78.2. The maximum Gasteiger partial charge on any atom is 0.0210 e. The molecule has 0 saturated heterocycles. The molecule has 0 bridgehead atoms. The van der Waals surface area contributed by atoms with Crippen LogP contribution in [0.1, 0.15) is 75.6 Å². The first-order valence-electron chi connectivity index (χ1n) is 24.2. The van der Waals surface area contributed by atoms with Crippen molar-refractivity contribution >= 4 is 21.5 Å². The van der Waals surface area contributed by atoms with Gasteiger partial charge in [0.2, 0.25) is 0 Å². The van der Waals surface area contributed by atoms with E-state index in [0.29, 0.717) is 0 Å². The van der Waals surface area contributed by atoms with Crippen molar-refractivity contribution in [1.82, 2.24) is 0 Å². The van der Waals surface area contributed by atoms with E-state index in [9.17, 15) is 0 Å². The highest BCUT2D eigenvalue weighted by atomic mass is 14.5. The van der Waals surface area contributed by atoms with Gasteiger partial charge < -0.3 is 0 Å². The number of hydrogen-bond acceptors (Lipinski definition) is 0. The van der Waals surface area contributed by atoms with Crippen molar-refractivity contribution in [3.63, 3.8) is 0 Å². The molecule has 0 heteroatoms. The van der Waals surface area contributed by atoms with Crippen molar-refractivity contribution in [3.05, 3.63) is 229 Å². The van der Waals surface area contributed by atoms with Crippen LogP contribution in [0.5, 0.6) is 0 Å². The van der Waals surface area contributed by atoms with Crippen LogP contribution in [-0.2, 0) is 10.8 Å². The number of fused-ring (bicyclic) bond motifs is 8. The summed E-state index contributed by atoms with van der Waals surface area (Å²) in [5.41, 5.74) is 24.1. The largest absolute Gasteiger partial charge is 0.0642 e. The van der Waals surface area contributed by atoms with Crippen molar-refractivity contribution in [2.75, 3.05) is 0 Å². The molecule has 0 heterocycles. The molecule has 0 aliphatic heterocycles. The van der Waals surface area contributed by atoms with Crippen molar-refractivity contribution in [2.24, 2.45) is 0 Å². The van der Waals surface area contributed by atoms with Crippen LogP contribution in [0.3, 0.4) is 0 Å². The number of benzene rings is 10. The second-order valence-corrected chi connectivity index (χ2v) is 18.8. The zero-order valence-corrected chi connectivity index (χ0v) is 38.5. The lowest BCUT2D eigenvalue weighted by Gasteiger charge is -2.31. The van der Waals surface area contributed by atoms with Gasteiger partial charge >= 0.3 is 0 Å². The SMILES string of the molecule is CCC1(CC)c2cc(-c3ccc4c(c3)C(CC)(CC)c3cc(-c5ccccc5-c5cccc6ccccc56)ccc3-4)ccc2-c2ccc(-c3ccccc3-c3cccc4ccccc34)cc21. The molecule has 12 rings (SSSR count). The molecule has 0 unspecified atom stereocenters. The minimum absolute atomic E-state index is 0.0760. The lowest BCUT2D eigenvalue weighted by Crippen LogP contribution is -2.23. The van der Waals surface area contributed by atoms with Gasteiger partial charge in [-0.15, -0.1) is 0 Å². The molecule has 0 fully saturated rings. The van der Waals surface area contributed by atoms with Gasteiger partial charge in [0.05, 0.1) is 0 Å². The first-order valence-corrected chi connectivity index (χ1v) is 24.2. The van der Waals surface area contributed by atoms with E-state index in [2.05, 4.69) is 234 Å². The predicted octanol–water partition coefficient (Wildman–Crippen LogP) is 18.5. The smallest absolute Gasteiger partial charge is 0.0210 e. The van der Waals surface area contributed by atoms with Crippen molar-refractivity contribution < 1.29 is 0 Å². The van der Waals surface area contributed by atoms with E-state index in [1.165, 1.54) is 122 Å². The third-order valence-corrected chi connectivity index (χ3v) is 16.1. The fourth-order valence-corrected chi connectivity index (χ4v) is 12.6. The van der Waals surface area contributed by atoms with Gasteiger partial charge in [-0.3, -0.25) is 0 Å². The van der Waals surface area contributed by atoms with Crippen LogP contribution in [0.4, 0.5) is 0 Å². The normalized spacial score (nSPS) is 13.9. The average molecular weight is 847 g/mol. The van der Waals surface area contributed by atoms with Crippen molar-refractivity contribution in [1.29, 1.82) is 0 Å². The van der Waals surface area contributed by atoms with Gasteiger partial charge in [-0.25, -0.2) is 0 Å². The fourth-order valence-electron chi connectivity index (χ4n) is 12.6. The van der Waals surface area contributed by atoms with Crippen LogP contribution < -0.4 is 0 Å².